The Kier molecular flexibility index (Phi) is 5.83. The number of hydrogen-bond acceptors (Lipinski definition) is 4. The molecular formula is C23H17FN2O3S2. The summed E-state index contributed by atoms with van der Waals surface area (Å²) < 4.78 is 28.2. The predicted molar refractivity (Wildman–Crippen MR) is 116 cm³/mol. The maximum atomic E-state index is 13.2. The molecule has 0 saturated carbocycles. The van der Waals surface area contributed by atoms with Crippen LogP contribution in [0.1, 0.15) is 27.3 Å². The number of halogens is 1. The summed E-state index contributed by atoms with van der Waals surface area (Å²) in [6, 6.07) is 12.9. The lowest BCUT2D eigenvalue weighted by molar-refractivity contribution is -0.136. The Morgan fingerprint density at radius 3 is 2.68 bits per heavy atom. The maximum Gasteiger partial charge on any atom is 0.307 e. The van der Waals surface area contributed by atoms with Gasteiger partial charge in [-0.1, -0.05) is 0 Å². The summed E-state index contributed by atoms with van der Waals surface area (Å²) >= 11 is -0.0107. The minimum absolute atomic E-state index is 0.125. The number of thiophene rings is 1. The zero-order chi connectivity index (χ0) is 22.1. The molecule has 8 heteroatoms. The van der Waals surface area contributed by atoms with Gasteiger partial charge in [-0.05, 0) is 59.8 Å². The summed E-state index contributed by atoms with van der Waals surface area (Å²) in [5, 5.41) is 20.5. The highest BCUT2D eigenvalue weighted by atomic mass is 32.2. The van der Waals surface area contributed by atoms with Gasteiger partial charge in [0.1, 0.15) is 11.9 Å². The lowest BCUT2D eigenvalue weighted by Gasteiger charge is -2.11. The number of benzene rings is 1. The first-order valence-electron chi connectivity index (χ1n) is 9.37. The number of aromatic nitrogens is 1. The summed E-state index contributed by atoms with van der Waals surface area (Å²) in [6.07, 6.45) is 2.01. The summed E-state index contributed by atoms with van der Waals surface area (Å²) in [6.45, 7) is 1.87. The van der Waals surface area contributed by atoms with Crippen molar-refractivity contribution in [3.8, 4) is 6.07 Å². The van der Waals surface area contributed by atoms with E-state index in [2.05, 4.69) is 6.07 Å². The SMILES string of the molecule is Cc1c(CC(=O)O)c2ccc(C#N)cn2c1Cc1sccc1[S+]([O-])c1ccc(F)cc1. The van der Waals surface area contributed by atoms with Crippen LogP contribution >= 0.6 is 11.3 Å². The van der Waals surface area contributed by atoms with E-state index >= 15 is 0 Å². The fraction of sp³-hybridized carbons (Fsp3) is 0.130. The number of nitrogens with zero attached hydrogens (tertiary/aromatic N) is 2. The van der Waals surface area contributed by atoms with E-state index in [9.17, 15) is 24.1 Å². The van der Waals surface area contributed by atoms with Gasteiger partial charge in [-0.15, -0.1) is 11.3 Å². The molecule has 5 nitrogen and oxygen atoms in total. The molecule has 4 aromatic rings. The molecule has 4 rings (SSSR count). The summed E-state index contributed by atoms with van der Waals surface area (Å²) in [4.78, 5) is 13.4. The number of rotatable bonds is 6. The summed E-state index contributed by atoms with van der Waals surface area (Å²) in [5.74, 6) is -1.32. The average molecular weight is 453 g/mol. The smallest absolute Gasteiger partial charge is 0.307 e. The quantitative estimate of drug-likeness (QED) is 0.429. The third kappa shape index (κ3) is 4.08. The van der Waals surface area contributed by atoms with Crippen molar-refractivity contribution in [1.29, 1.82) is 5.26 Å². The van der Waals surface area contributed by atoms with E-state index < -0.39 is 17.1 Å². The van der Waals surface area contributed by atoms with E-state index in [1.807, 2.05) is 16.7 Å². The number of carbonyl (C=O) groups is 1. The fourth-order valence-corrected chi connectivity index (χ4v) is 5.97. The van der Waals surface area contributed by atoms with Crippen LogP contribution in [0.5, 0.6) is 0 Å². The first kappa shape index (κ1) is 21.1. The number of hydrogen-bond donors (Lipinski definition) is 1. The Morgan fingerprint density at radius 1 is 1.26 bits per heavy atom. The van der Waals surface area contributed by atoms with Gasteiger partial charge in [-0.25, -0.2) is 4.39 Å². The molecule has 3 heterocycles. The highest BCUT2D eigenvalue weighted by Crippen LogP contribution is 2.33. The Balaban J connectivity index is 1.78. The van der Waals surface area contributed by atoms with Gasteiger partial charge in [0.15, 0.2) is 9.79 Å². The topological polar surface area (TPSA) is 88.6 Å². The lowest BCUT2D eigenvalue weighted by Crippen LogP contribution is -2.05. The first-order valence-corrected chi connectivity index (χ1v) is 11.4. The van der Waals surface area contributed by atoms with Crippen LogP contribution in [-0.2, 0) is 28.8 Å². The van der Waals surface area contributed by atoms with E-state index in [-0.39, 0.29) is 12.2 Å². The molecule has 1 N–H and O–H groups in total. The van der Waals surface area contributed by atoms with Crippen LogP contribution in [0.25, 0.3) is 5.52 Å². The minimum Gasteiger partial charge on any atom is -0.606 e. The molecule has 0 aliphatic rings. The van der Waals surface area contributed by atoms with Crippen molar-refractivity contribution in [2.75, 3.05) is 0 Å². The molecule has 0 radical (unpaired) electrons. The van der Waals surface area contributed by atoms with Crippen molar-refractivity contribution in [2.45, 2.75) is 29.6 Å². The molecule has 0 aliphatic carbocycles. The molecule has 1 aromatic carbocycles. The highest BCUT2D eigenvalue weighted by Gasteiger charge is 2.24. The van der Waals surface area contributed by atoms with Gasteiger partial charge in [-0.2, -0.15) is 5.26 Å². The first-order chi connectivity index (χ1) is 14.9. The van der Waals surface area contributed by atoms with Crippen molar-refractivity contribution in [3.63, 3.8) is 0 Å². The predicted octanol–water partition coefficient (Wildman–Crippen LogP) is 4.70. The van der Waals surface area contributed by atoms with Crippen molar-refractivity contribution in [1.82, 2.24) is 4.40 Å². The number of nitriles is 1. The van der Waals surface area contributed by atoms with Gasteiger partial charge in [0.2, 0.25) is 0 Å². The molecule has 31 heavy (non-hydrogen) atoms. The van der Waals surface area contributed by atoms with Crippen LogP contribution in [0.4, 0.5) is 4.39 Å². The van der Waals surface area contributed by atoms with Crippen molar-refractivity contribution >= 4 is 34.0 Å². The number of carboxylic acids is 1. The molecule has 0 fully saturated rings. The second-order valence-electron chi connectivity index (χ2n) is 7.01. The van der Waals surface area contributed by atoms with Crippen molar-refractivity contribution in [2.24, 2.45) is 0 Å². The van der Waals surface area contributed by atoms with Crippen LogP contribution < -0.4 is 0 Å². The molecule has 0 aliphatic heterocycles. The molecule has 1 atom stereocenters. The van der Waals surface area contributed by atoms with Gasteiger partial charge in [0.05, 0.1) is 16.9 Å². The van der Waals surface area contributed by atoms with E-state index in [0.717, 1.165) is 21.7 Å². The van der Waals surface area contributed by atoms with E-state index in [0.29, 0.717) is 27.3 Å². The Morgan fingerprint density at radius 2 is 2.00 bits per heavy atom. The monoisotopic (exact) mass is 452 g/mol. The van der Waals surface area contributed by atoms with Crippen LogP contribution in [0, 0.1) is 24.1 Å². The minimum atomic E-state index is -1.47. The standard InChI is InChI=1S/C23H17FN2O3S2/c1-14-18(10-23(27)28)19-7-2-15(12-25)13-26(19)20(14)11-21-22(8-9-30-21)31(29)17-5-3-16(24)4-6-17/h2-9,13H,10-11H2,1H3,(H,27,28). The largest absolute Gasteiger partial charge is 0.606 e. The molecule has 0 saturated heterocycles. The average Bonchev–Trinajstić information content (AvgIpc) is 3.32. The lowest BCUT2D eigenvalue weighted by atomic mass is 10.1. The molecule has 1 unspecified atom stereocenters. The molecule has 156 valence electrons. The fourth-order valence-electron chi connectivity index (χ4n) is 3.64. The number of fused-ring (bicyclic) bond motifs is 1. The summed E-state index contributed by atoms with van der Waals surface area (Å²) in [7, 11) is 0. The Hall–Kier alpha value is -3.12. The molecule has 0 bridgehead atoms. The van der Waals surface area contributed by atoms with Gasteiger partial charge >= 0.3 is 5.97 Å². The summed E-state index contributed by atoms with van der Waals surface area (Å²) in [5.41, 5.74) is 3.59. The van der Waals surface area contributed by atoms with Gasteiger partial charge in [-0.3, -0.25) is 4.79 Å². The van der Waals surface area contributed by atoms with E-state index in [1.165, 1.54) is 35.6 Å². The van der Waals surface area contributed by atoms with E-state index in [4.69, 9.17) is 0 Å². The van der Waals surface area contributed by atoms with Crippen LogP contribution in [0.15, 0.2) is 63.8 Å². The van der Waals surface area contributed by atoms with Crippen LogP contribution in [-0.4, -0.2) is 20.0 Å². The highest BCUT2D eigenvalue weighted by molar-refractivity contribution is 7.91. The van der Waals surface area contributed by atoms with Crippen molar-refractivity contribution in [3.05, 3.63) is 87.1 Å². The third-order valence-corrected chi connectivity index (χ3v) is 7.68. The molecule has 0 spiro atoms. The zero-order valence-corrected chi connectivity index (χ0v) is 18.1. The number of pyridine rings is 1. The van der Waals surface area contributed by atoms with Crippen LogP contribution in [0.3, 0.4) is 0 Å². The molecule has 3 aromatic heterocycles. The zero-order valence-electron chi connectivity index (χ0n) is 16.5. The Labute approximate surface area is 185 Å². The van der Waals surface area contributed by atoms with Gasteiger partial charge in [0.25, 0.3) is 0 Å². The molecular weight excluding hydrogens is 435 g/mol. The second kappa shape index (κ2) is 8.55. The Bertz CT molecular complexity index is 1320. The van der Waals surface area contributed by atoms with Crippen LogP contribution in [0.2, 0.25) is 0 Å². The number of carboxylic acid groups (broad SMARTS) is 1. The maximum absolute atomic E-state index is 13.2. The number of aliphatic carboxylic acids is 1. The molecule has 0 amide bonds. The van der Waals surface area contributed by atoms with Gasteiger partial charge in [0, 0.05) is 41.1 Å². The van der Waals surface area contributed by atoms with E-state index in [1.54, 1.807) is 24.4 Å². The van der Waals surface area contributed by atoms with Crippen molar-refractivity contribution < 1.29 is 18.8 Å². The third-order valence-electron chi connectivity index (χ3n) is 5.15. The second-order valence-corrected chi connectivity index (χ2v) is 9.46. The van der Waals surface area contributed by atoms with Gasteiger partial charge < -0.3 is 14.1 Å². The normalized spacial score (nSPS) is 12.1.